The lowest BCUT2D eigenvalue weighted by molar-refractivity contribution is 0.0929. The van der Waals surface area contributed by atoms with Gasteiger partial charge in [-0.3, -0.25) is 4.79 Å². The molecule has 4 rings (SSSR count). The van der Waals surface area contributed by atoms with Gasteiger partial charge in [-0.25, -0.2) is 0 Å². The Hall–Kier alpha value is -1.30. The molecule has 2 aliphatic heterocycles. The Morgan fingerprint density at radius 2 is 2.00 bits per heavy atom. The van der Waals surface area contributed by atoms with E-state index < -0.39 is 0 Å². The summed E-state index contributed by atoms with van der Waals surface area (Å²) >= 11 is 6.39. The summed E-state index contributed by atoms with van der Waals surface area (Å²) in [7, 11) is 0. The van der Waals surface area contributed by atoms with Gasteiger partial charge in [0.15, 0.2) is 0 Å². The number of carbonyl (C=O) groups excluding carboxylic acids is 1. The summed E-state index contributed by atoms with van der Waals surface area (Å²) in [6, 6.07) is 5.89. The van der Waals surface area contributed by atoms with Crippen LogP contribution in [-0.4, -0.2) is 51.3 Å². The van der Waals surface area contributed by atoms with Crippen LogP contribution in [0.1, 0.15) is 10.4 Å². The van der Waals surface area contributed by atoms with Gasteiger partial charge in [-0.15, -0.1) is 0 Å². The zero-order chi connectivity index (χ0) is 15.1. The van der Waals surface area contributed by atoms with Gasteiger partial charge in [-0.2, -0.15) is 0 Å². The lowest BCUT2D eigenvalue weighted by atomic mass is 10.1. The van der Waals surface area contributed by atoms with Crippen LogP contribution >= 0.6 is 11.6 Å². The van der Waals surface area contributed by atoms with Crippen LogP contribution in [0.5, 0.6) is 0 Å². The van der Waals surface area contributed by atoms with Gasteiger partial charge >= 0.3 is 0 Å². The van der Waals surface area contributed by atoms with E-state index in [1.54, 1.807) is 6.07 Å². The molecule has 22 heavy (non-hydrogen) atoms. The fraction of sp³-hybridized carbons (Fsp3) is 0.562. The number of hydrogen-bond donors (Lipinski definition) is 2. The lowest BCUT2D eigenvalue weighted by Crippen LogP contribution is -2.43. The predicted molar refractivity (Wildman–Crippen MR) is 85.6 cm³/mol. The molecule has 1 aromatic rings. The van der Waals surface area contributed by atoms with E-state index in [-0.39, 0.29) is 11.9 Å². The highest BCUT2D eigenvalue weighted by molar-refractivity contribution is 6.33. The van der Waals surface area contributed by atoms with Crippen LogP contribution in [0, 0.1) is 11.8 Å². The molecule has 1 aromatic carbocycles. The normalized spacial score (nSPS) is 30.0. The van der Waals surface area contributed by atoms with Crippen LogP contribution in [0.4, 0.5) is 5.69 Å². The summed E-state index contributed by atoms with van der Waals surface area (Å²) in [6.45, 7) is 5.36. The minimum Gasteiger partial charge on any atom is -0.381 e. The van der Waals surface area contributed by atoms with E-state index >= 15 is 0 Å². The number of piperazine rings is 1. The monoisotopic (exact) mass is 321 g/mol. The number of carbonyl (C=O) groups is 1. The first-order chi connectivity index (χ1) is 10.7. The van der Waals surface area contributed by atoms with Gasteiger partial charge in [-0.05, 0) is 18.2 Å². The Kier molecular flexibility index (Phi) is 3.72. The average molecular weight is 322 g/mol. The summed E-state index contributed by atoms with van der Waals surface area (Å²) in [5.41, 5.74) is 1.64. The number of rotatable bonds is 3. The van der Waals surface area contributed by atoms with Gasteiger partial charge in [-0.1, -0.05) is 11.6 Å². The van der Waals surface area contributed by atoms with Gasteiger partial charge in [0.05, 0.1) is 23.9 Å². The molecular weight excluding hydrogens is 302 g/mol. The molecule has 0 radical (unpaired) electrons. The Balaban J connectivity index is 1.43. The van der Waals surface area contributed by atoms with Crippen molar-refractivity contribution in [3.8, 4) is 0 Å². The van der Waals surface area contributed by atoms with Crippen molar-refractivity contribution in [2.24, 2.45) is 11.8 Å². The van der Waals surface area contributed by atoms with Crippen LogP contribution in [-0.2, 0) is 4.74 Å². The second-order valence-electron chi connectivity index (χ2n) is 6.27. The van der Waals surface area contributed by atoms with Gasteiger partial charge in [0, 0.05) is 49.6 Å². The Labute approximate surface area is 135 Å². The second-order valence-corrected chi connectivity index (χ2v) is 6.67. The van der Waals surface area contributed by atoms with Crippen molar-refractivity contribution in [3.63, 3.8) is 0 Å². The molecule has 1 amide bonds. The van der Waals surface area contributed by atoms with Crippen molar-refractivity contribution in [2.75, 3.05) is 44.3 Å². The van der Waals surface area contributed by atoms with Crippen molar-refractivity contribution in [2.45, 2.75) is 6.04 Å². The van der Waals surface area contributed by atoms with Crippen molar-refractivity contribution < 1.29 is 9.53 Å². The topological polar surface area (TPSA) is 53.6 Å². The van der Waals surface area contributed by atoms with Crippen LogP contribution in [0.25, 0.3) is 0 Å². The first-order valence-electron chi connectivity index (χ1n) is 7.88. The van der Waals surface area contributed by atoms with Crippen molar-refractivity contribution >= 4 is 23.2 Å². The maximum atomic E-state index is 12.3. The summed E-state index contributed by atoms with van der Waals surface area (Å²) in [6.07, 6.45) is 0. The molecule has 3 aliphatic rings. The SMILES string of the molecule is O=C(NC1C2COCC21)c1ccc(N2CCNCC2)c(Cl)c1. The first kappa shape index (κ1) is 14.3. The molecule has 2 saturated heterocycles. The molecular formula is C16H20ClN3O2. The molecule has 5 nitrogen and oxygen atoms in total. The number of amides is 1. The zero-order valence-corrected chi connectivity index (χ0v) is 13.1. The fourth-order valence-electron chi connectivity index (χ4n) is 3.50. The van der Waals surface area contributed by atoms with E-state index in [2.05, 4.69) is 15.5 Å². The minimum absolute atomic E-state index is 0.0341. The van der Waals surface area contributed by atoms with Crippen LogP contribution in [0.3, 0.4) is 0 Å². The summed E-state index contributed by atoms with van der Waals surface area (Å²) in [5, 5.41) is 7.07. The molecule has 1 saturated carbocycles. The first-order valence-corrected chi connectivity index (χ1v) is 8.25. The maximum Gasteiger partial charge on any atom is 0.251 e. The number of halogens is 1. The third-order valence-electron chi connectivity index (χ3n) is 4.92. The van der Waals surface area contributed by atoms with Gasteiger partial charge in [0.25, 0.3) is 5.91 Å². The van der Waals surface area contributed by atoms with E-state index in [0.29, 0.717) is 22.4 Å². The van der Waals surface area contributed by atoms with Crippen molar-refractivity contribution in [3.05, 3.63) is 28.8 Å². The highest BCUT2D eigenvalue weighted by Crippen LogP contribution is 2.44. The molecule has 0 spiro atoms. The third-order valence-corrected chi connectivity index (χ3v) is 5.22. The number of ether oxygens (including phenoxy) is 1. The van der Waals surface area contributed by atoms with E-state index in [4.69, 9.17) is 16.3 Å². The summed E-state index contributed by atoms with van der Waals surface area (Å²) < 4.78 is 5.34. The molecule has 2 unspecified atom stereocenters. The molecule has 0 aromatic heterocycles. The summed E-state index contributed by atoms with van der Waals surface area (Å²) in [5.74, 6) is 0.993. The Bertz CT molecular complexity index is 579. The number of nitrogens with one attached hydrogen (secondary N) is 2. The highest BCUT2D eigenvalue weighted by atomic mass is 35.5. The molecule has 6 heteroatoms. The minimum atomic E-state index is -0.0341. The Morgan fingerprint density at radius 1 is 1.27 bits per heavy atom. The van der Waals surface area contributed by atoms with Crippen molar-refractivity contribution in [1.29, 1.82) is 0 Å². The molecule has 2 heterocycles. The van der Waals surface area contributed by atoms with Crippen molar-refractivity contribution in [1.82, 2.24) is 10.6 Å². The molecule has 0 bridgehead atoms. The Morgan fingerprint density at radius 3 is 2.68 bits per heavy atom. The quantitative estimate of drug-likeness (QED) is 0.876. The fourth-order valence-corrected chi connectivity index (χ4v) is 3.80. The molecule has 3 fully saturated rings. The third kappa shape index (κ3) is 2.57. The van der Waals surface area contributed by atoms with Crippen LogP contribution < -0.4 is 15.5 Å². The van der Waals surface area contributed by atoms with Crippen LogP contribution in [0.15, 0.2) is 18.2 Å². The molecule has 118 valence electrons. The molecule has 2 N–H and O–H groups in total. The average Bonchev–Trinajstić information content (AvgIpc) is 2.97. The highest BCUT2D eigenvalue weighted by Gasteiger charge is 2.54. The number of nitrogens with zero attached hydrogens (tertiary/aromatic N) is 1. The molecule has 1 aliphatic carbocycles. The number of hydrogen-bond acceptors (Lipinski definition) is 4. The smallest absolute Gasteiger partial charge is 0.251 e. The van der Waals surface area contributed by atoms with E-state index in [0.717, 1.165) is 45.1 Å². The predicted octanol–water partition coefficient (Wildman–Crippen LogP) is 1.12. The number of benzene rings is 1. The van der Waals surface area contributed by atoms with Gasteiger partial charge in [0.1, 0.15) is 0 Å². The van der Waals surface area contributed by atoms with Gasteiger partial charge < -0.3 is 20.3 Å². The standard InChI is InChI=1S/C16H20ClN3O2/c17-13-7-10(1-2-14(13)20-5-3-18-4-6-20)16(21)19-15-11-8-22-9-12(11)15/h1-2,7,11-12,15,18H,3-6,8-9H2,(H,19,21). The largest absolute Gasteiger partial charge is 0.381 e. The lowest BCUT2D eigenvalue weighted by Gasteiger charge is -2.30. The van der Waals surface area contributed by atoms with Gasteiger partial charge in [0.2, 0.25) is 0 Å². The summed E-state index contributed by atoms with van der Waals surface area (Å²) in [4.78, 5) is 14.6. The number of fused-ring (bicyclic) bond motifs is 1. The van der Waals surface area contributed by atoms with E-state index in [1.165, 1.54) is 0 Å². The molecule has 2 atom stereocenters. The zero-order valence-electron chi connectivity index (χ0n) is 12.3. The second kappa shape index (κ2) is 5.72. The van der Waals surface area contributed by atoms with E-state index in [9.17, 15) is 4.79 Å². The van der Waals surface area contributed by atoms with Crippen LogP contribution in [0.2, 0.25) is 5.02 Å². The maximum absolute atomic E-state index is 12.3. The van der Waals surface area contributed by atoms with E-state index in [1.807, 2.05) is 12.1 Å². The number of anilines is 1.